The highest BCUT2D eigenvalue weighted by Crippen LogP contribution is 2.33. The fraction of sp³-hybridized carbons (Fsp3) is 0.500. The van der Waals surface area contributed by atoms with Gasteiger partial charge in [0.1, 0.15) is 29.6 Å². The molecular formula is C20H22F3N7O2. The second-order valence-electron chi connectivity index (χ2n) is 8.02. The zero-order valence-electron chi connectivity index (χ0n) is 17.7. The Hall–Kier alpha value is -3.33. The molecule has 0 spiro atoms. The lowest BCUT2D eigenvalue weighted by Gasteiger charge is -2.17. The Balaban J connectivity index is 1.71. The summed E-state index contributed by atoms with van der Waals surface area (Å²) in [5.74, 6) is 0.350. The summed E-state index contributed by atoms with van der Waals surface area (Å²) in [6.45, 7) is 5.32. The summed E-state index contributed by atoms with van der Waals surface area (Å²) in [4.78, 5) is 8.79. The van der Waals surface area contributed by atoms with Crippen LogP contribution in [0.5, 0.6) is 5.88 Å². The van der Waals surface area contributed by atoms with Crippen LogP contribution in [0.2, 0.25) is 0 Å². The van der Waals surface area contributed by atoms with E-state index in [9.17, 15) is 18.4 Å². The van der Waals surface area contributed by atoms with Gasteiger partial charge in [0.05, 0.1) is 31.6 Å². The molecule has 1 N–H and O–H groups in total. The number of hydrogen-bond donors (Lipinski definition) is 1. The first-order chi connectivity index (χ1) is 15.1. The Morgan fingerprint density at radius 3 is 2.78 bits per heavy atom. The van der Waals surface area contributed by atoms with Gasteiger partial charge in [0, 0.05) is 17.5 Å². The van der Waals surface area contributed by atoms with E-state index in [2.05, 4.69) is 26.5 Å². The first-order valence-electron chi connectivity index (χ1n) is 10.1. The molecule has 0 unspecified atom stereocenters. The number of alkyl halides is 3. The number of halogens is 3. The molecule has 0 aromatic carbocycles. The highest BCUT2D eigenvalue weighted by atomic mass is 19.4. The van der Waals surface area contributed by atoms with Crippen LogP contribution in [0.3, 0.4) is 0 Å². The molecule has 1 aliphatic heterocycles. The van der Waals surface area contributed by atoms with E-state index in [4.69, 9.17) is 9.47 Å². The van der Waals surface area contributed by atoms with Crippen LogP contribution >= 0.6 is 0 Å². The van der Waals surface area contributed by atoms with Crippen molar-refractivity contribution in [3.8, 4) is 11.9 Å². The number of ether oxygens (including phenoxy) is 2. The van der Waals surface area contributed by atoms with Crippen LogP contribution in [-0.4, -0.2) is 49.8 Å². The van der Waals surface area contributed by atoms with Crippen LogP contribution in [0, 0.1) is 17.2 Å². The molecule has 32 heavy (non-hydrogen) atoms. The fourth-order valence-corrected chi connectivity index (χ4v) is 3.65. The molecule has 4 rings (SSSR count). The van der Waals surface area contributed by atoms with Crippen LogP contribution in [0.15, 0.2) is 18.5 Å². The monoisotopic (exact) mass is 449 g/mol. The molecular weight excluding hydrogens is 427 g/mol. The van der Waals surface area contributed by atoms with Gasteiger partial charge in [-0.2, -0.15) is 23.4 Å². The quantitative estimate of drug-likeness (QED) is 0.611. The third kappa shape index (κ3) is 4.47. The first-order valence-corrected chi connectivity index (χ1v) is 10.1. The number of nitrogens with one attached hydrogen (secondary N) is 1. The summed E-state index contributed by atoms with van der Waals surface area (Å²) < 4.78 is 52.2. The van der Waals surface area contributed by atoms with Gasteiger partial charge in [-0.1, -0.05) is 6.92 Å². The van der Waals surface area contributed by atoms with Crippen molar-refractivity contribution in [2.45, 2.75) is 45.6 Å². The van der Waals surface area contributed by atoms with Crippen molar-refractivity contribution in [3.05, 3.63) is 24.2 Å². The minimum absolute atomic E-state index is 0.0128. The molecule has 0 radical (unpaired) electrons. The lowest BCUT2D eigenvalue weighted by molar-refractivity contribution is -0.142. The van der Waals surface area contributed by atoms with Crippen molar-refractivity contribution in [1.29, 1.82) is 5.26 Å². The second kappa shape index (κ2) is 8.31. The average molecular weight is 449 g/mol. The summed E-state index contributed by atoms with van der Waals surface area (Å²) >= 11 is 0. The zero-order chi connectivity index (χ0) is 23.0. The molecule has 0 aliphatic carbocycles. The van der Waals surface area contributed by atoms with Gasteiger partial charge in [0.15, 0.2) is 0 Å². The van der Waals surface area contributed by atoms with Crippen molar-refractivity contribution >= 4 is 22.7 Å². The maximum Gasteiger partial charge on any atom is 0.408 e. The maximum absolute atomic E-state index is 12.8. The molecule has 3 aromatic rings. The van der Waals surface area contributed by atoms with Crippen LogP contribution in [0.4, 0.5) is 24.8 Å². The summed E-state index contributed by atoms with van der Waals surface area (Å²) in [5.41, 5.74) is 1.18. The fourth-order valence-electron chi connectivity index (χ4n) is 3.65. The highest BCUT2D eigenvalue weighted by Gasteiger charge is 2.31. The Labute approximate surface area is 181 Å². The average Bonchev–Trinajstić information content (AvgIpc) is 3.36. The predicted molar refractivity (Wildman–Crippen MR) is 109 cm³/mol. The Bertz CT molecular complexity index is 1160. The second-order valence-corrected chi connectivity index (χ2v) is 8.02. The van der Waals surface area contributed by atoms with Gasteiger partial charge in [-0.05, 0) is 19.9 Å². The summed E-state index contributed by atoms with van der Waals surface area (Å²) in [6, 6.07) is 3.84. The smallest absolute Gasteiger partial charge is 0.408 e. The van der Waals surface area contributed by atoms with E-state index < -0.39 is 12.7 Å². The van der Waals surface area contributed by atoms with E-state index in [1.807, 2.05) is 11.5 Å². The van der Waals surface area contributed by atoms with Gasteiger partial charge in [-0.25, -0.2) is 4.98 Å². The van der Waals surface area contributed by atoms with Gasteiger partial charge in [-0.3, -0.25) is 4.68 Å². The third-order valence-corrected chi connectivity index (χ3v) is 5.01. The highest BCUT2D eigenvalue weighted by molar-refractivity contribution is 5.79. The zero-order valence-corrected chi connectivity index (χ0v) is 17.7. The van der Waals surface area contributed by atoms with Crippen molar-refractivity contribution in [2.24, 2.45) is 5.92 Å². The van der Waals surface area contributed by atoms with E-state index in [-0.39, 0.29) is 35.6 Å². The summed E-state index contributed by atoms with van der Waals surface area (Å²) in [7, 11) is 0. The van der Waals surface area contributed by atoms with Crippen LogP contribution in [-0.2, 0) is 11.3 Å². The van der Waals surface area contributed by atoms with E-state index in [1.165, 1.54) is 6.20 Å². The Kier molecular flexibility index (Phi) is 5.68. The number of nitrogens with zero attached hydrogens (tertiary/aromatic N) is 6. The van der Waals surface area contributed by atoms with Crippen LogP contribution in [0.25, 0.3) is 11.0 Å². The van der Waals surface area contributed by atoms with Gasteiger partial charge in [-0.15, -0.1) is 5.10 Å². The van der Waals surface area contributed by atoms with Gasteiger partial charge in [0.2, 0.25) is 5.95 Å². The van der Waals surface area contributed by atoms with Crippen molar-refractivity contribution < 1.29 is 22.6 Å². The molecule has 170 valence electrons. The molecule has 1 saturated heterocycles. The molecule has 2 atom stereocenters. The SMILES string of the molecule is CC(C)Oc1nn(CC(F)(F)F)cc1Nc1ncc2cc(C#N)n([C@H]3COC[C@@H]3C)c2n1. The molecule has 1 aliphatic rings. The van der Waals surface area contributed by atoms with Crippen molar-refractivity contribution in [2.75, 3.05) is 18.5 Å². The van der Waals surface area contributed by atoms with Gasteiger partial charge >= 0.3 is 6.18 Å². The van der Waals surface area contributed by atoms with E-state index in [0.717, 1.165) is 4.68 Å². The lowest BCUT2D eigenvalue weighted by Crippen LogP contribution is -2.18. The van der Waals surface area contributed by atoms with Crippen molar-refractivity contribution in [1.82, 2.24) is 24.3 Å². The number of rotatable bonds is 6. The number of nitriles is 1. The summed E-state index contributed by atoms with van der Waals surface area (Å²) in [6.07, 6.45) is -1.97. The number of anilines is 2. The number of hydrogen-bond acceptors (Lipinski definition) is 7. The molecule has 4 heterocycles. The number of fused-ring (bicyclic) bond motifs is 1. The largest absolute Gasteiger partial charge is 0.472 e. The van der Waals surface area contributed by atoms with E-state index >= 15 is 0 Å². The molecule has 1 fully saturated rings. The van der Waals surface area contributed by atoms with Crippen LogP contribution in [0.1, 0.15) is 32.5 Å². The normalized spacial score (nSPS) is 18.9. The predicted octanol–water partition coefficient (Wildman–Crippen LogP) is 3.80. The molecule has 0 bridgehead atoms. The first kappa shape index (κ1) is 21.9. The van der Waals surface area contributed by atoms with E-state index in [0.29, 0.717) is 29.9 Å². The maximum atomic E-state index is 12.8. The topological polar surface area (TPSA) is 103 Å². The number of aromatic nitrogens is 5. The van der Waals surface area contributed by atoms with Crippen LogP contribution < -0.4 is 10.1 Å². The molecule has 9 nitrogen and oxygen atoms in total. The minimum atomic E-state index is -4.43. The van der Waals surface area contributed by atoms with Gasteiger partial charge in [0.25, 0.3) is 5.88 Å². The molecule has 3 aromatic heterocycles. The molecule has 12 heteroatoms. The minimum Gasteiger partial charge on any atom is -0.472 e. The Morgan fingerprint density at radius 2 is 2.16 bits per heavy atom. The van der Waals surface area contributed by atoms with Crippen molar-refractivity contribution in [3.63, 3.8) is 0 Å². The molecule has 0 amide bonds. The lowest BCUT2D eigenvalue weighted by atomic mass is 10.1. The Morgan fingerprint density at radius 1 is 1.38 bits per heavy atom. The summed E-state index contributed by atoms with van der Waals surface area (Å²) in [5, 5.41) is 17.1. The molecule has 0 saturated carbocycles. The third-order valence-electron chi connectivity index (χ3n) is 5.01. The standard InChI is InChI=1S/C20H22F3N7O2/c1-11(2)32-18-15(7-29(28-18)10-20(21,22)23)26-19-25-6-13-4-14(5-24)30(17(13)27-19)16-9-31-8-12(16)3/h4,6-7,11-12,16H,8-10H2,1-3H3,(H,25,26,27)/t12-,16-/m0/s1. The van der Waals surface area contributed by atoms with Gasteiger partial charge < -0.3 is 19.4 Å². The van der Waals surface area contributed by atoms with E-state index in [1.54, 1.807) is 26.1 Å².